The fraction of sp³-hybridized carbons (Fsp3) is 0.393. The van der Waals surface area contributed by atoms with Crippen molar-refractivity contribution in [2.75, 3.05) is 31.7 Å². The topological polar surface area (TPSA) is 130 Å². The number of nitrogens with zero attached hydrogens (tertiary/aromatic N) is 4. The standard InChI is InChI=1S/C23H27F3N4O.C5H4F3N3O/c1-27-22-19(21(25)26)13-28-23(29-22)18-11-16(17(14-31)12-20(18)24)8-10-30(2)9-4-3-5-15-6-7-15;6-5(7,8)3-2(9)1-10-11-4(3)12/h8,10-15,21H,3-7,9H2,1-2H3,(H,27,28,29);1H,(H3,9,11,12)/b10-8-;. The van der Waals surface area contributed by atoms with Gasteiger partial charge in [0.25, 0.3) is 12.0 Å². The van der Waals surface area contributed by atoms with Crippen molar-refractivity contribution in [3.63, 3.8) is 0 Å². The van der Waals surface area contributed by atoms with Crippen LogP contribution in [-0.4, -0.2) is 52.0 Å². The summed E-state index contributed by atoms with van der Waals surface area (Å²) < 4.78 is 76.7. The summed E-state index contributed by atoms with van der Waals surface area (Å²) in [7, 11) is 3.41. The quantitative estimate of drug-likeness (QED) is 0.138. The third-order valence-corrected chi connectivity index (χ3v) is 6.58. The lowest BCUT2D eigenvalue weighted by atomic mass is 10.0. The highest BCUT2D eigenvalue weighted by Crippen LogP contribution is 2.34. The van der Waals surface area contributed by atoms with E-state index in [-0.39, 0.29) is 28.3 Å². The Morgan fingerprint density at radius 3 is 2.47 bits per heavy atom. The van der Waals surface area contributed by atoms with E-state index in [1.165, 1.54) is 38.8 Å². The van der Waals surface area contributed by atoms with Crippen LogP contribution >= 0.6 is 0 Å². The number of benzene rings is 1. The molecule has 4 N–H and O–H groups in total. The summed E-state index contributed by atoms with van der Waals surface area (Å²) in [6.07, 6.45) is 4.70. The molecule has 1 aromatic carbocycles. The number of carbonyl (C=O) groups excluding carboxylic acids is 1. The number of alkyl halides is 5. The van der Waals surface area contributed by atoms with Crippen LogP contribution in [0, 0.1) is 11.7 Å². The number of halogens is 6. The third kappa shape index (κ3) is 9.28. The van der Waals surface area contributed by atoms with Crippen molar-refractivity contribution in [3.05, 3.63) is 69.2 Å². The number of unbranched alkanes of at least 4 members (excludes halogenated alkanes) is 1. The van der Waals surface area contributed by atoms with Crippen LogP contribution in [0.1, 0.15) is 65.6 Å². The van der Waals surface area contributed by atoms with E-state index in [1.807, 2.05) is 18.1 Å². The maximum absolute atomic E-state index is 14.6. The minimum atomic E-state index is -4.74. The lowest BCUT2D eigenvalue weighted by Crippen LogP contribution is -2.24. The van der Waals surface area contributed by atoms with Crippen LogP contribution in [0.25, 0.3) is 17.5 Å². The number of carbonyl (C=O) groups is 1. The second-order valence-electron chi connectivity index (χ2n) is 9.89. The molecule has 2 aromatic heterocycles. The van der Waals surface area contributed by atoms with Gasteiger partial charge in [-0.05, 0) is 42.3 Å². The number of aldehydes is 1. The predicted octanol–water partition coefficient (Wildman–Crippen LogP) is 5.93. The molecule has 0 saturated heterocycles. The van der Waals surface area contributed by atoms with E-state index in [0.29, 0.717) is 11.8 Å². The van der Waals surface area contributed by atoms with E-state index in [1.54, 1.807) is 11.2 Å². The summed E-state index contributed by atoms with van der Waals surface area (Å²) in [6.45, 7) is 0.886. The second kappa shape index (κ2) is 14.6. The van der Waals surface area contributed by atoms with Gasteiger partial charge < -0.3 is 16.0 Å². The van der Waals surface area contributed by atoms with Crippen LogP contribution < -0.4 is 16.6 Å². The molecule has 0 aliphatic heterocycles. The lowest BCUT2D eigenvalue weighted by Gasteiger charge is -2.14. The first-order valence-corrected chi connectivity index (χ1v) is 13.3. The van der Waals surface area contributed by atoms with Crippen molar-refractivity contribution in [1.82, 2.24) is 25.1 Å². The number of rotatable bonds is 11. The number of H-pyrrole nitrogens is 1. The third-order valence-electron chi connectivity index (χ3n) is 6.58. The summed E-state index contributed by atoms with van der Waals surface area (Å²) >= 11 is 0. The van der Waals surface area contributed by atoms with Crippen LogP contribution in [0.4, 0.5) is 37.8 Å². The maximum Gasteiger partial charge on any atom is 0.423 e. The second-order valence-corrected chi connectivity index (χ2v) is 9.89. The molecular weight excluding hydrogens is 580 g/mol. The summed E-state index contributed by atoms with van der Waals surface area (Å²) in [6, 6.07) is 2.58. The summed E-state index contributed by atoms with van der Waals surface area (Å²) in [4.78, 5) is 32.0. The molecule has 0 unspecified atom stereocenters. The van der Waals surface area contributed by atoms with Crippen molar-refractivity contribution >= 4 is 23.9 Å². The molecule has 1 aliphatic rings. The number of aromatic amines is 1. The van der Waals surface area contributed by atoms with Crippen molar-refractivity contribution in [3.8, 4) is 11.4 Å². The van der Waals surface area contributed by atoms with Crippen molar-refractivity contribution < 1.29 is 31.1 Å². The summed E-state index contributed by atoms with van der Waals surface area (Å²) in [5, 5.41) is 7.33. The molecule has 1 aliphatic carbocycles. The molecule has 0 spiro atoms. The Morgan fingerprint density at radius 1 is 1.19 bits per heavy atom. The van der Waals surface area contributed by atoms with Gasteiger partial charge in [-0.25, -0.2) is 28.2 Å². The number of hydrogen-bond acceptors (Lipinski definition) is 8. The van der Waals surface area contributed by atoms with Crippen LogP contribution in [0.15, 0.2) is 35.5 Å². The Bertz CT molecular complexity index is 1490. The first-order chi connectivity index (χ1) is 20.3. The SMILES string of the molecule is CNc1nc(-c2cc(/C=C\N(C)CCCCC3CC3)c(C=O)cc2F)ncc1C(F)F.Nc1cn[nH]c(=O)c1C(F)(F)F. The van der Waals surface area contributed by atoms with E-state index in [0.717, 1.165) is 37.3 Å². The number of nitrogens with two attached hydrogens (primary N) is 1. The molecule has 0 amide bonds. The van der Waals surface area contributed by atoms with Gasteiger partial charge in [-0.15, -0.1) is 0 Å². The Balaban J connectivity index is 0.000000353. The molecule has 2 heterocycles. The van der Waals surface area contributed by atoms with Crippen LogP contribution in [0.3, 0.4) is 0 Å². The van der Waals surface area contributed by atoms with Gasteiger partial charge in [0.05, 0.1) is 23.0 Å². The molecule has 0 bridgehead atoms. The molecular formula is C28H31F6N7O2. The predicted molar refractivity (Wildman–Crippen MR) is 150 cm³/mol. The molecule has 3 aromatic rings. The smallest absolute Gasteiger partial charge is 0.397 e. The maximum atomic E-state index is 14.6. The van der Waals surface area contributed by atoms with E-state index in [4.69, 9.17) is 5.73 Å². The zero-order chi connectivity index (χ0) is 31.7. The molecule has 0 atom stereocenters. The lowest BCUT2D eigenvalue weighted by molar-refractivity contribution is -0.138. The molecule has 1 fully saturated rings. The van der Waals surface area contributed by atoms with E-state index >= 15 is 0 Å². The van der Waals surface area contributed by atoms with Gasteiger partial charge in [-0.3, -0.25) is 9.59 Å². The first kappa shape index (κ1) is 33.1. The molecule has 1 saturated carbocycles. The van der Waals surface area contributed by atoms with Crippen LogP contribution in [0.2, 0.25) is 0 Å². The van der Waals surface area contributed by atoms with Crippen molar-refractivity contribution in [2.45, 2.75) is 44.7 Å². The molecule has 15 heteroatoms. The molecule has 0 radical (unpaired) electrons. The Kier molecular flexibility index (Phi) is 11.3. The van der Waals surface area contributed by atoms with E-state index in [9.17, 15) is 35.9 Å². The molecule has 43 heavy (non-hydrogen) atoms. The van der Waals surface area contributed by atoms with Crippen molar-refractivity contribution in [2.24, 2.45) is 5.92 Å². The molecule has 4 rings (SSSR count). The highest BCUT2D eigenvalue weighted by Gasteiger charge is 2.36. The zero-order valence-corrected chi connectivity index (χ0v) is 23.4. The van der Waals surface area contributed by atoms with Crippen LogP contribution in [0.5, 0.6) is 0 Å². The average molecular weight is 612 g/mol. The number of aromatic nitrogens is 4. The van der Waals surface area contributed by atoms with Gasteiger partial charge in [0, 0.05) is 32.4 Å². The minimum Gasteiger partial charge on any atom is -0.397 e. The summed E-state index contributed by atoms with van der Waals surface area (Å²) in [5.41, 5.74) is 1.87. The molecule has 232 valence electrons. The summed E-state index contributed by atoms with van der Waals surface area (Å²) in [5.74, 6) is 0.127. The fourth-order valence-electron chi connectivity index (χ4n) is 4.09. The Hall–Kier alpha value is -4.43. The highest BCUT2D eigenvalue weighted by atomic mass is 19.4. The molecule has 9 nitrogen and oxygen atoms in total. The average Bonchev–Trinajstić information content (AvgIpc) is 3.78. The monoisotopic (exact) mass is 611 g/mol. The number of nitrogen functional groups attached to an aromatic ring is 1. The number of anilines is 2. The largest absolute Gasteiger partial charge is 0.423 e. The first-order valence-electron chi connectivity index (χ1n) is 13.3. The van der Waals surface area contributed by atoms with Crippen molar-refractivity contribution in [1.29, 1.82) is 0 Å². The van der Waals surface area contributed by atoms with Gasteiger partial charge in [0.15, 0.2) is 12.1 Å². The highest BCUT2D eigenvalue weighted by molar-refractivity contribution is 5.84. The van der Waals surface area contributed by atoms with Gasteiger partial charge >= 0.3 is 6.18 Å². The normalized spacial score (nSPS) is 13.1. The Labute approximate surface area is 243 Å². The van der Waals surface area contributed by atoms with E-state index < -0.39 is 35.2 Å². The Morgan fingerprint density at radius 2 is 1.91 bits per heavy atom. The van der Waals surface area contributed by atoms with E-state index in [2.05, 4.69) is 20.4 Å². The minimum absolute atomic E-state index is 0.0354. The van der Waals surface area contributed by atoms with Gasteiger partial charge in [0.1, 0.15) is 17.2 Å². The number of hydrogen-bond donors (Lipinski definition) is 3. The van der Waals surface area contributed by atoms with Gasteiger partial charge in [-0.2, -0.15) is 18.3 Å². The van der Waals surface area contributed by atoms with Gasteiger partial charge in [0.2, 0.25) is 0 Å². The zero-order valence-electron chi connectivity index (χ0n) is 23.4. The van der Waals surface area contributed by atoms with Gasteiger partial charge in [-0.1, -0.05) is 25.7 Å². The van der Waals surface area contributed by atoms with Crippen LogP contribution in [-0.2, 0) is 6.18 Å². The number of nitrogens with one attached hydrogen (secondary N) is 2. The fourth-order valence-corrected chi connectivity index (χ4v) is 4.09.